The van der Waals surface area contributed by atoms with Crippen LogP contribution in [0.1, 0.15) is 39.2 Å². The van der Waals surface area contributed by atoms with Crippen molar-refractivity contribution < 1.29 is 19.4 Å². The molecule has 2 rings (SSSR count). The van der Waals surface area contributed by atoms with Gasteiger partial charge in [0.15, 0.2) is 0 Å². The van der Waals surface area contributed by atoms with E-state index in [-0.39, 0.29) is 12.5 Å². The number of carbonyl (C=O) groups is 2. The number of carboxylic acid groups (broad SMARTS) is 1. The number of likely N-dealkylation sites (N-methyl/N-ethyl adjacent to an activating group) is 1. The van der Waals surface area contributed by atoms with Crippen LogP contribution < -0.4 is 5.73 Å². The van der Waals surface area contributed by atoms with Crippen LogP contribution in [-0.4, -0.2) is 71.8 Å². The maximum Gasteiger partial charge on any atom is 0.407 e. The molecule has 3 atom stereocenters. The van der Waals surface area contributed by atoms with E-state index in [1.54, 1.807) is 11.9 Å². The summed E-state index contributed by atoms with van der Waals surface area (Å²) in [6, 6.07) is 6.24. The largest absolute Gasteiger partial charge is 0.465 e. The van der Waals surface area contributed by atoms with Crippen molar-refractivity contribution in [3.8, 4) is 0 Å². The van der Waals surface area contributed by atoms with Gasteiger partial charge in [0.05, 0.1) is 18.2 Å². The molecule has 1 aliphatic heterocycles. The van der Waals surface area contributed by atoms with E-state index in [0.717, 1.165) is 5.56 Å². The molecule has 1 aromatic rings. The molecular formula is C22H34ClN3O4. The van der Waals surface area contributed by atoms with Gasteiger partial charge in [-0.3, -0.25) is 4.79 Å². The summed E-state index contributed by atoms with van der Waals surface area (Å²) in [6.07, 6.45) is 0.849. The number of nitrogens with two attached hydrogens (primary N) is 1. The van der Waals surface area contributed by atoms with E-state index in [0.29, 0.717) is 30.8 Å². The predicted octanol–water partition coefficient (Wildman–Crippen LogP) is 3.24. The van der Waals surface area contributed by atoms with Gasteiger partial charge in [0, 0.05) is 25.7 Å². The number of methoxy groups -OCH3 is 1. The van der Waals surface area contributed by atoms with Gasteiger partial charge in [-0.15, -0.1) is 0 Å². The second-order valence-corrected chi connectivity index (χ2v) is 9.65. The minimum absolute atomic E-state index is 0.100. The minimum atomic E-state index is -0.975. The fourth-order valence-corrected chi connectivity index (χ4v) is 5.05. The molecule has 0 aromatic heterocycles. The van der Waals surface area contributed by atoms with Crippen LogP contribution in [0.25, 0.3) is 0 Å². The summed E-state index contributed by atoms with van der Waals surface area (Å²) in [5.41, 5.74) is 5.91. The first kappa shape index (κ1) is 24.4. The van der Waals surface area contributed by atoms with Gasteiger partial charge in [-0.05, 0) is 42.4 Å². The highest BCUT2D eigenvalue weighted by Gasteiger charge is 2.55. The Kier molecular flexibility index (Phi) is 7.77. The van der Waals surface area contributed by atoms with Gasteiger partial charge in [0.1, 0.15) is 6.04 Å². The molecule has 0 saturated carbocycles. The highest BCUT2D eigenvalue weighted by molar-refractivity contribution is 6.30. The SMILES string of the molecule is COCC(N)C(=O)N(C)C1(Cc2ccc(Cl)cc2)CCCN(C(=O)O)C1C(C)(C)C. The maximum atomic E-state index is 13.3. The van der Waals surface area contributed by atoms with Crippen LogP contribution in [0.15, 0.2) is 24.3 Å². The molecule has 1 heterocycles. The van der Waals surface area contributed by atoms with E-state index in [9.17, 15) is 14.7 Å². The van der Waals surface area contributed by atoms with E-state index in [1.807, 2.05) is 45.0 Å². The monoisotopic (exact) mass is 439 g/mol. The molecule has 0 aliphatic carbocycles. The van der Waals surface area contributed by atoms with Gasteiger partial charge >= 0.3 is 6.09 Å². The Morgan fingerprint density at radius 3 is 2.47 bits per heavy atom. The number of nitrogens with zero attached hydrogens (tertiary/aromatic N) is 2. The fourth-order valence-electron chi connectivity index (χ4n) is 4.92. The maximum absolute atomic E-state index is 13.3. The molecule has 0 bridgehead atoms. The first-order valence-corrected chi connectivity index (χ1v) is 10.6. The second-order valence-electron chi connectivity index (χ2n) is 9.21. The summed E-state index contributed by atoms with van der Waals surface area (Å²) >= 11 is 6.06. The minimum Gasteiger partial charge on any atom is -0.465 e. The number of halogens is 1. The summed E-state index contributed by atoms with van der Waals surface area (Å²) in [6.45, 7) is 6.59. The average Bonchev–Trinajstić information content (AvgIpc) is 2.67. The zero-order valence-electron chi connectivity index (χ0n) is 18.5. The molecule has 1 fully saturated rings. The average molecular weight is 440 g/mol. The molecule has 8 heteroatoms. The van der Waals surface area contributed by atoms with Gasteiger partial charge in [0.25, 0.3) is 0 Å². The second kappa shape index (κ2) is 9.54. The smallest absolute Gasteiger partial charge is 0.407 e. The number of likely N-dealkylation sites (tertiary alicyclic amines) is 1. The Bertz CT molecular complexity index is 750. The van der Waals surface area contributed by atoms with Gasteiger partial charge in [-0.1, -0.05) is 44.5 Å². The molecule has 1 saturated heterocycles. The lowest BCUT2D eigenvalue weighted by atomic mass is 9.65. The summed E-state index contributed by atoms with van der Waals surface area (Å²) in [4.78, 5) is 28.6. The third kappa shape index (κ3) is 5.07. The summed E-state index contributed by atoms with van der Waals surface area (Å²) in [5.74, 6) is -0.257. The van der Waals surface area contributed by atoms with Gasteiger partial charge < -0.3 is 25.4 Å². The number of carbonyl (C=O) groups excluding carboxylic acids is 1. The molecule has 1 aliphatic rings. The van der Waals surface area contributed by atoms with Crippen LogP contribution in [0.3, 0.4) is 0 Å². The molecule has 3 N–H and O–H groups in total. The lowest BCUT2D eigenvalue weighted by Gasteiger charge is -2.58. The lowest BCUT2D eigenvalue weighted by Crippen LogP contribution is -2.72. The van der Waals surface area contributed by atoms with Gasteiger partial charge in [-0.2, -0.15) is 0 Å². The van der Waals surface area contributed by atoms with E-state index in [1.165, 1.54) is 12.0 Å². The predicted molar refractivity (Wildman–Crippen MR) is 118 cm³/mol. The molecule has 2 amide bonds. The summed E-state index contributed by atoms with van der Waals surface area (Å²) in [7, 11) is 3.24. The van der Waals surface area contributed by atoms with Crippen LogP contribution in [0.5, 0.6) is 0 Å². The van der Waals surface area contributed by atoms with Crippen molar-refractivity contribution in [3.05, 3.63) is 34.9 Å². The van der Waals surface area contributed by atoms with Crippen LogP contribution in [0.2, 0.25) is 5.02 Å². The quantitative estimate of drug-likeness (QED) is 0.709. The van der Waals surface area contributed by atoms with E-state index in [4.69, 9.17) is 22.1 Å². The normalized spacial score (nSPS) is 23.2. The molecule has 0 radical (unpaired) electrons. The van der Waals surface area contributed by atoms with E-state index in [2.05, 4.69) is 0 Å². The Balaban J connectivity index is 2.61. The first-order chi connectivity index (χ1) is 13.9. The zero-order valence-corrected chi connectivity index (χ0v) is 19.3. The van der Waals surface area contributed by atoms with E-state index >= 15 is 0 Å². The number of piperidine rings is 1. The molecule has 0 spiro atoms. The molecular weight excluding hydrogens is 406 g/mol. The fraction of sp³-hybridized carbons (Fsp3) is 0.636. The molecule has 168 valence electrons. The lowest BCUT2D eigenvalue weighted by molar-refractivity contribution is -0.147. The number of hydrogen-bond donors (Lipinski definition) is 2. The van der Waals surface area contributed by atoms with Crippen LogP contribution in [0.4, 0.5) is 4.79 Å². The summed E-state index contributed by atoms with van der Waals surface area (Å²) in [5, 5.41) is 10.6. The third-order valence-corrected chi connectivity index (χ3v) is 6.23. The molecule has 3 unspecified atom stereocenters. The molecule has 30 heavy (non-hydrogen) atoms. The highest BCUT2D eigenvalue weighted by atomic mass is 35.5. The highest BCUT2D eigenvalue weighted by Crippen LogP contribution is 2.44. The number of amides is 2. The van der Waals surface area contributed by atoms with Gasteiger partial charge in [0.2, 0.25) is 5.91 Å². The Labute approximate surface area is 184 Å². The standard InChI is InChI=1S/C22H34ClN3O4/c1-21(2,3)19-22(11-6-12-26(19)20(28)29,13-15-7-9-16(23)10-8-15)25(4)18(27)17(24)14-30-5/h7-10,17,19H,6,11-14,24H2,1-5H3,(H,28,29). The Hall–Kier alpha value is -1.83. The van der Waals surface area contributed by atoms with Crippen molar-refractivity contribution in [1.82, 2.24) is 9.80 Å². The van der Waals surface area contributed by atoms with Crippen molar-refractivity contribution in [3.63, 3.8) is 0 Å². The van der Waals surface area contributed by atoms with Crippen molar-refractivity contribution >= 4 is 23.6 Å². The van der Waals surface area contributed by atoms with Crippen molar-refractivity contribution in [2.75, 3.05) is 27.3 Å². The van der Waals surface area contributed by atoms with Crippen LogP contribution in [-0.2, 0) is 16.0 Å². The zero-order chi connectivity index (χ0) is 22.7. The van der Waals surface area contributed by atoms with Crippen LogP contribution in [0, 0.1) is 5.41 Å². The van der Waals surface area contributed by atoms with Crippen molar-refractivity contribution in [2.24, 2.45) is 11.1 Å². The van der Waals surface area contributed by atoms with E-state index < -0.39 is 29.1 Å². The van der Waals surface area contributed by atoms with Crippen LogP contribution >= 0.6 is 11.6 Å². The Morgan fingerprint density at radius 2 is 1.97 bits per heavy atom. The number of hydrogen-bond acceptors (Lipinski definition) is 4. The molecule has 7 nitrogen and oxygen atoms in total. The number of ether oxygens (including phenoxy) is 1. The molecule has 1 aromatic carbocycles. The third-order valence-electron chi connectivity index (χ3n) is 5.98. The number of rotatable bonds is 6. The van der Waals surface area contributed by atoms with Crippen molar-refractivity contribution in [1.29, 1.82) is 0 Å². The summed E-state index contributed by atoms with van der Waals surface area (Å²) < 4.78 is 5.09. The topological polar surface area (TPSA) is 96.1 Å². The Morgan fingerprint density at radius 1 is 1.37 bits per heavy atom. The first-order valence-electron chi connectivity index (χ1n) is 10.2. The van der Waals surface area contributed by atoms with Gasteiger partial charge in [-0.25, -0.2) is 4.79 Å². The van der Waals surface area contributed by atoms with Crippen molar-refractivity contribution in [2.45, 2.75) is 57.7 Å². The number of benzene rings is 1.